The Kier molecular flexibility index (Phi) is 5.95. The van der Waals surface area contributed by atoms with Gasteiger partial charge < -0.3 is 9.47 Å². The normalized spacial score (nSPS) is 11.2. The molecule has 7 heteroatoms. The first kappa shape index (κ1) is 17.2. The predicted molar refractivity (Wildman–Crippen MR) is 85.5 cm³/mol. The molecule has 0 heterocycles. The molecule has 0 fully saturated rings. The van der Waals surface area contributed by atoms with Crippen LogP contribution in [0.3, 0.4) is 0 Å². The maximum Gasteiger partial charge on any atom is 0.215 e. The van der Waals surface area contributed by atoms with Gasteiger partial charge in [-0.25, -0.2) is 17.5 Å². The summed E-state index contributed by atoms with van der Waals surface area (Å²) in [5.41, 5.74) is 0.523. The monoisotopic (exact) mass is 339 g/mol. The molecule has 0 saturated heterocycles. The van der Waals surface area contributed by atoms with Gasteiger partial charge in [-0.3, -0.25) is 0 Å². The van der Waals surface area contributed by atoms with Crippen molar-refractivity contribution >= 4 is 10.0 Å². The average Bonchev–Trinajstić information content (AvgIpc) is 2.54. The minimum Gasteiger partial charge on any atom is -0.497 e. The minimum absolute atomic E-state index is 0.148. The van der Waals surface area contributed by atoms with E-state index < -0.39 is 15.8 Å². The number of hydrogen-bond donors (Lipinski definition) is 1. The van der Waals surface area contributed by atoms with E-state index in [-0.39, 0.29) is 18.9 Å². The Bertz CT molecular complexity index is 715. The molecule has 124 valence electrons. The van der Waals surface area contributed by atoms with E-state index in [1.165, 1.54) is 24.3 Å². The topological polar surface area (TPSA) is 64.6 Å². The van der Waals surface area contributed by atoms with E-state index in [0.717, 1.165) is 5.75 Å². The third-order valence-electron chi connectivity index (χ3n) is 3.02. The lowest BCUT2D eigenvalue weighted by atomic mass is 10.2. The zero-order valence-corrected chi connectivity index (χ0v) is 13.5. The SMILES string of the molecule is COc1ccc(OCCNS(=O)(=O)Cc2ccc(F)cc2)cc1. The second kappa shape index (κ2) is 7.94. The number of halogens is 1. The highest BCUT2D eigenvalue weighted by Gasteiger charge is 2.11. The fourth-order valence-corrected chi connectivity index (χ4v) is 3.02. The lowest BCUT2D eigenvalue weighted by molar-refractivity contribution is 0.322. The molecule has 0 bridgehead atoms. The number of ether oxygens (including phenoxy) is 2. The van der Waals surface area contributed by atoms with Crippen molar-refractivity contribution < 1.29 is 22.3 Å². The summed E-state index contributed by atoms with van der Waals surface area (Å²) in [6.45, 7) is 0.352. The van der Waals surface area contributed by atoms with Gasteiger partial charge >= 0.3 is 0 Å². The van der Waals surface area contributed by atoms with Crippen LogP contribution in [0.4, 0.5) is 4.39 Å². The lowest BCUT2D eigenvalue weighted by Gasteiger charge is -2.09. The van der Waals surface area contributed by atoms with Crippen LogP contribution in [0, 0.1) is 5.82 Å². The van der Waals surface area contributed by atoms with Crippen LogP contribution in [-0.2, 0) is 15.8 Å². The molecule has 2 rings (SSSR count). The smallest absolute Gasteiger partial charge is 0.215 e. The van der Waals surface area contributed by atoms with E-state index in [0.29, 0.717) is 11.3 Å². The summed E-state index contributed by atoms with van der Waals surface area (Å²) in [7, 11) is -1.91. The van der Waals surface area contributed by atoms with Gasteiger partial charge in [0.15, 0.2) is 0 Å². The zero-order valence-electron chi connectivity index (χ0n) is 12.7. The molecule has 0 spiro atoms. The van der Waals surface area contributed by atoms with E-state index in [4.69, 9.17) is 9.47 Å². The fraction of sp³-hybridized carbons (Fsp3) is 0.250. The molecule has 23 heavy (non-hydrogen) atoms. The summed E-state index contributed by atoms with van der Waals surface area (Å²) in [6, 6.07) is 12.4. The molecule has 0 aliphatic rings. The van der Waals surface area contributed by atoms with Crippen LogP contribution in [-0.4, -0.2) is 28.7 Å². The molecule has 0 aliphatic carbocycles. The van der Waals surface area contributed by atoms with Crippen LogP contribution >= 0.6 is 0 Å². The molecular formula is C16H18FNO4S. The molecular weight excluding hydrogens is 321 g/mol. The Labute approximate surface area is 135 Å². The molecule has 1 N–H and O–H groups in total. The van der Waals surface area contributed by atoms with Gasteiger partial charge in [-0.15, -0.1) is 0 Å². The Morgan fingerprint density at radius 3 is 2.22 bits per heavy atom. The van der Waals surface area contributed by atoms with Gasteiger partial charge in [0, 0.05) is 6.54 Å². The average molecular weight is 339 g/mol. The second-order valence-corrected chi connectivity index (χ2v) is 6.61. The number of benzene rings is 2. The van der Waals surface area contributed by atoms with E-state index in [1.54, 1.807) is 31.4 Å². The van der Waals surface area contributed by atoms with Gasteiger partial charge in [0.2, 0.25) is 10.0 Å². The van der Waals surface area contributed by atoms with Gasteiger partial charge in [0.05, 0.1) is 12.9 Å². The Morgan fingerprint density at radius 1 is 1.00 bits per heavy atom. The summed E-state index contributed by atoms with van der Waals surface area (Å²) < 4.78 is 49.5. The van der Waals surface area contributed by atoms with Crippen molar-refractivity contribution in [1.82, 2.24) is 4.72 Å². The van der Waals surface area contributed by atoms with Crippen molar-refractivity contribution in [1.29, 1.82) is 0 Å². The van der Waals surface area contributed by atoms with Crippen LogP contribution in [0.1, 0.15) is 5.56 Å². The van der Waals surface area contributed by atoms with E-state index in [2.05, 4.69) is 4.72 Å². The molecule has 0 amide bonds. The van der Waals surface area contributed by atoms with Crippen LogP contribution < -0.4 is 14.2 Å². The maximum absolute atomic E-state index is 12.8. The number of sulfonamides is 1. The van der Waals surface area contributed by atoms with Crippen LogP contribution in [0.5, 0.6) is 11.5 Å². The first-order valence-electron chi connectivity index (χ1n) is 6.97. The van der Waals surface area contributed by atoms with Crippen molar-refractivity contribution in [2.24, 2.45) is 0 Å². The highest BCUT2D eigenvalue weighted by Crippen LogP contribution is 2.16. The summed E-state index contributed by atoms with van der Waals surface area (Å²) in [5, 5.41) is 0. The van der Waals surface area contributed by atoms with Gasteiger partial charge in [-0.05, 0) is 42.0 Å². The predicted octanol–water partition coefficient (Wildman–Crippen LogP) is 2.33. The Morgan fingerprint density at radius 2 is 1.61 bits per heavy atom. The Balaban J connectivity index is 1.76. The summed E-state index contributed by atoms with van der Waals surface area (Å²) in [4.78, 5) is 0. The van der Waals surface area contributed by atoms with Gasteiger partial charge in [-0.1, -0.05) is 12.1 Å². The highest BCUT2D eigenvalue weighted by molar-refractivity contribution is 7.88. The minimum atomic E-state index is -3.49. The van der Waals surface area contributed by atoms with E-state index in [1.807, 2.05) is 0 Å². The van der Waals surface area contributed by atoms with Crippen molar-refractivity contribution in [3.8, 4) is 11.5 Å². The molecule has 0 unspecified atom stereocenters. The number of methoxy groups -OCH3 is 1. The molecule has 0 aromatic heterocycles. The molecule has 5 nitrogen and oxygen atoms in total. The third-order valence-corrected chi connectivity index (χ3v) is 4.38. The maximum atomic E-state index is 12.8. The summed E-state index contributed by atoms with van der Waals surface area (Å²) in [6.07, 6.45) is 0. The van der Waals surface area contributed by atoms with Crippen LogP contribution in [0.25, 0.3) is 0 Å². The van der Waals surface area contributed by atoms with Crippen molar-refractivity contribution in [2.75, 3.05) is 20.3 Å². The first-order chi connectivity index (χ1) is 11.0. The van der Waals surface area contributed by atoms with Crippen molar-refractivity contribution in [3.63, 3.8) is 0 Å². The highest BCUT2D eigenvalue weighted by atomic mass is 32.2. The zero-order chi connectivity index (χ0) is 16.7. The van der Waals surface area contributed by atoms with Crippen molar-refractivity contribution in [3.05, 3.63) is 59.9 Å². The van der Waals surface area contributed by atoms with Crippen LogP contribution in [0.15, 0.2) is 48.5 Å². The first-order valence-corrected chi connectivity index (χ1v) is 8.62. The fourth-order valence-electron chi connectivity index (χ4n) is 1.89. The van der Waals surface area contributed by atoms with Gasteiger partial charge in [-0.2, -0.15) is 0 Å². The number of rotatable bonds is 8. The number of nitrogens with one attached hydrogen (secondary N) is 1. The Hall–Kier alpha value is -2.12. The third kappa shape index (κ3) is 5.88. The standard InChI is InChI=1S/C16H18FNO4S/c1-21-15-6-8-16(9-7-15)22-11-10-18-23(19,20)12-13-2-4-14(17)5-3-13/h2-9,18H,10-12H2,1H3. The van der Waals surface area contributed by atoms with Crippen molar-refractivity contribution in [2.45, 2.75) is 5.75 Å². The van der Waals surface area contributed by atoms with Gasteiger partial charge in [0.25, 0.3) is 0 Å². The largest absolute Gasteiger partial charge is 0.497 e. The summed E-state index contributed by atoms with van der Waals surface area (Å²) in [5.74, 6) is 0.753. The molecule has 2 aromatic carbocycles. The van der Waals surface area contributed by atoms with E-state index >= 15 is 0 Å². The van der Waals surface area contributed by atoms with E-state index in [9.17, 15) is 12.8 Å². The lowest BCUT2D eigenvalue weighted by Crippen LogP contribution is -2.29. The summed E-state index contributed by atoms with van der Waals surface area (Å²) >= 11 is 0. The second-order valence-electron chi connectivity index (χ2n) is 4.80. The van der Waals surface area contributed by atoms with Gasteiger partial charge in [0.1, 0.15) is 23.9 Å². The van der Waals surface area contributed by atoms with Crippen LogP contribution in [0.2, 0.25) is 0 Å². The quantitative estimate of drug-likeness (QED) is 0.750. The number of hydrogen-bond acceptors (Lipinski definition) is 4. The molecule has 2 aromatic rings. The molecule has 0 atom stereocenters. The molecule has 0 radical (unpaired) electrons. The molecule has 0 aliphatic heterocycles. The molecule has 0 saturated carbocycles.